The van der Waals surface area contributed by atoms with Gasteiger partial charge in [-0.2, -0.15) is 5.26 Å². The maximum Gasteiger partial charge on any atom is 0.295 e. The molecule has 0 spiro atoms. The predicted molar refractivity (Wildman–Crippen MR) is 79.4 cm³/mol. The van der Waals surface area contributed by atoms with Crippen molar-refractivity contribution in [1.29, 1.82) is 5.26 Å². The number of amides is 1. The van der Waals surface area contributed by atoms with Gasteiger partial charge in [0, 0.05) is 4.88 Å². The van der Waals surface area contributed by atoms with Gasteiger partial charge in [-0.1, -0.05) is 6.42 Å². The summed E-state index contributed by atoms with van der Waals surface area (Å²) in [6.07, 6.45) is 5.36. The van der Waals surface area contributed by atoms with E-state index in [-0.39, 0.29) is 11.7 Å². The van der Waals surface area contributed by atoms with Crippen LogP contribution in [-0.2, 0) is 12.8 Å². The van der Waals surface area contributed by atoms with Gasteiger partial charge in [-0.15, -0.1) is 16.4 Å². The molecule has 21 heavy (non-hydrogen) atoms. The quantitative estimate of drug-likeness (QED) is 0.833. The molecule has 0 atom stereocenters. The lowest BCUT2D eigenvalue weighted by Gasteiger charge is -2.01. The van der Waals surface area contributed by atoms with Gasteiger partial charge in [-0.25, -0.2) is 4.98 Å². The Hall–Kier alpha value is -2.20. The molecular formula is C14H15N5OS. The first kappa shape index (κ1) is 13.8. The summed E-state index contributed by atoms with van der Waals surface area (Å²) in [6.45, 7) is 1.73. The molecule has 7 heteroatoms. The molecule has 0 saturated carbocycles. The van der Waals surface area contributed by atoms with Gasteiger partial charge in [-0.05, 0) is 38.2 Å². The number of hydrogen-bond acceptors (Lipinski definition) is 5. The molecule has 0 bridgehead atoms. The number of hydrogen-bond donors (Lipinski definition) is 2. The van der Waals surface area contributed by atoms with E-state index in [9.17, 15) is 10.1 Å². The first-order chi connectivity index (χ1) is 10.2. The van der Waals surface area contributed by atoms with Crippen LogP contribution >= 0.6 is 11.3 Å². The number of anilines is 1. The zero-order valence-corrected chi connectivity index (χ0v) is 12.5. The van der Waals surface area contributed by atoms with E-state index in [0.717, 1.165) is 31.2 Å². The largest absolute Gasteiger partial charge is 0.310 e. The predicted octanol–water partition coefficient (Wildman–Crippen LogP) is 2.57. The Labute approximate surface area is 126 Å². The van der Waals surface area contributed by atoms with Gasteiger partial charge in [0.25, 0.3) is 5.91 Å². The van der Waals surface area contributed by atoms with E-state index in [4.69, 9.17) is 0 Å². The minimum atomic E-state index is -0.382. The molecule has 2 aromatic rings. The number of nitriles is 1. The normalized spacial score (nSPS) is 14.1. The van der Waals surface area contributed by atoms with Gasteiger partial charge in [0.05, 0.1) is 5.56 Å². The third-order valence-corrected chi connectivity index (χ3v) is 4.77. The number of rotatable bonds is 2. The van der Waals surface area contributed by atoms with E-state index >= 15 is 0 Å². The summed E-state index contributed by atoms with van der Waals surface area (Å²) in [7, 11) is 0. The maximum absolute atomic E-state index is 12.1. The van der Waals surface area contributed by atoms with Gasteiger partial charge in [0.1, 0.15) is 16.9 Å². The molecule has 0 aromatic carbocycles. The monoisotopic (exact) mass is 301 g/mol. The number of carbonyl (C=O) groups excluding carboxylic acids is 1. The summed E-state index contributed by atoms with van der Waals surface area (Å²) in [6, 6.07) is 2.24. The van der Waals surface area contributed by atoms with Crippen LogP contribution in [0.2, 0.25) is 0 Å². The minimum absolute atomic E-state index is 0.0972. The standard InChI is InChI=1S/C14H15N5OS/c1-8-16-12(19-18-8)13(20)17-14-10(7-15)9-5-3-2-4-6-11(9)21-14/h2-6H2,1H3,(H,17,20)(H,16,18,19). The van der Waals surface area contributed by atoms with Gasteiger partial charge in [0.15, 0.2) is 0 Å². The van der Waals surface area contributed by atoms with E-state index in [1.807, 2.05) is 0 Å². The number of aromatic amines is 1. The topological polar surface area (TPSA) is 94.5 Å². The highest BCUT2D eigenvalue weighted by molar-refractivity contribution is 7.16. The number of nitrogens with zero attached hydrogens (tertiary/aromatic N) is 3. The molecule has 1 amide bonds. The Balaban J connectivity index is 1.89. The molecule has 0 unspecified atom stereocenters. The molecular weight excluding hydrogens is 286 g/mol. The second-order valence-corrected chi connectivity index (χ2v) is 6.18. The molecule has 1 aliphatic rings. The number of H-pyrrole nitrogens is 1. The second kappa shape index (κ2) is 5.66. The van der Waals surface area contributed by atoms with Crippen LogP contribution in [0.1, 0.15) is 51.7 Å². The van der Waals surface area contributed by atoms with Crippen LogP contribution < -0.4 is 5.32 Å². The molecule has 0 saturated heterocycles. The third kappa shape index (κ3) is 2.67. The fourth-order valence-corrected chi connectivity index (χ4v) is 3.79. The van der Waals surface area contributed by atoms with Crippen molar-refractivity contribution in [2.45, 2.75) is 39.0 Å². The van der Waals surface area contributed by atoms with Crippen LogP contribution in [-0.4, -0.2) is 21.1 Å². The van der Waals surface area contributed by atoms with E-state index in [1.165, 1.54) is 22.6 Å². The lowest BCUT2D eigenvalue weighted by atomic mass is 10.1. The van der Waals surface area contributed by atoms with Crippen LogP contribution in [0.5, 0.6) is 0 Å². The molecule has 2 aromatic heterocycles. The van der Waals surface area contributed by atoms with Gasteiger partial charge in [-0.3, -0.25) is 9.89 Å². The minimum Gasteiger partial charge on any atom is -0.310 e. The number of nitrogens with one attached hydrogen (secondary N) is 2. The van der Waals surface area contributed by atoms with E-state index in [0.29, 0.717) is 16.4 Å². The van der Waals surface area contributed by atoms with Gasteiger partial charge >= 0.3 is 0 Å². The average Bonchev–Trinajstić information content (AvgIpc) is 2.96. The highest BCUT2D eigenvalue weighted by Gasteiger charge is 2.22. The molecule has 0 aliphatic heterocycles. The smallest absolute Gasteiger partial charge is 0.295 e. The second-order valence-electron chi connectivity index (χ2n) is 5.08. The van der Waals surface area contributed by atoms with Crippen molar-refractivity contribution >= 4 is 22.2 Å². The van der Waals surface area contributed by atoms with Crippen molar-refractivity contribution in [3.8, 4) is 6.07 Å². The number of aryl methyl sites for hydroxylation is 2. The third-order valence-electron chi connectivity index (χ3n) is 3.56. The van der Waals surface area contributed by atoms with Gasteiger partial charge < -0.3 is 5.32 Å². The molecule has 2 heterocycles. The molecule has 1 aliphatic carbocycles. The van der Waals surface area contributed by atoms with Crippen molar-refractivity contribution in [2.24, 2.45) is 0 Å². The molecule has 0 fully saturated rings. The van der Waals surface area contributed by atoms with Gasteiger partial charge in [0.2, 0.25) is 5.82 Å². The van der Waals surface area contributed by atoms with Crippen molar-refractivity contribution in [2.75, 3.05) is 5.32 Å². The van der Waals surface area contributed by atoms with E-state index in [2.05, 4.69) is 26.6 Å². The Morgan fingerprint density at radius 1 is 1.38 bits per heavy atom. The number of thiophene rings is 1. The molecule has 0 radical (unpaired) electrons. The zero-order chi connectivity index (χ0) is 14.8. The fourth-order valence-electron chi connectivity index (χ4n) is 2.55. The zero-order valence-electron chi connectivity index (χ0n) is 11.7. The summed E-state index contributed by atoms with van der Waals surface area (Å²) >= 11 is 1.51. The molecule has 3 rings (SSSR count). The molecule has 108 valence electrons. The maximum atomic E-state index is 12.1. The van der Waals surface area contributed by atoms with Crippen LogP contribution in [0, 0.1) is 18.3 Å². The number of fused-ring (bicyclic) bond motifs is 1. The summed E-state index contributed by atoms with van der Waals surface area (Å²) in [5, 5.41) is 19.3. The lowest BCUT2D eigenvalue weighted by molar-refractivity contribution is 0.101. The highest BCUT2D eigenvalue weighted by atomic mass is 32.1. The Morgan fingerprint density at radius 3 is 2.90 bits per heavy atom. The van der Waals surface area contributed by atoms with E-state index in [1.54, 1.807) is 6.92 Å². The van der Waals surface area contributed by atoms with Crippen molar-refractivity contribution in [1.82, 2.24) is 15.2 Å². The molecule has 2 N–H and O–H groups in total. The van der Waals surface area contributed by atoms with E-state index < -0.39 is 0 Å². The highest BCUT2D eigenvalue weighted by Crippen LogP contribution is 2.37. The summed E-state index contributed by atoms with van der Waals surface area (Å²) in [5.74, 6) is 0.301. The summed E-state index contributed by atoms with van der Waals surface area (Å²) in [5.41, 5.74) is 1.72. The van der Waals surface area contributed by atoms with Crippen molar-refractivity contribution < 1.29 is 4.79 Å². The van der Waals surface area contributed by atoms with Crippen LogP contribution in [0.15, 0.2) is 0 Å². The van der Waals surface area contributed by atoms with Crippen LogP contribution in [0.4, 0.5) is 5.00 Å². The van der Waals surface area contributed by atoms with Crippen LogP contribution in [0.3, 0.4) is 0 Å². The Bertz CT molecular complexity index is 724. The summed E-state index contributed by atoms with van der Waals surface area (Å²) < 4.78 is 0. The first-order valence-electron chi connectivity index (χ1n) is 6.94. The first-order valence-corrected chi connectivity index (χ1v) is 7.75. The van der Waals surface area contributed by atoms with Crippen LogP contribution in [0.25, 0.3) is 0 Å². The summed E-state index contributed by atoms with van der Waals surface area (Å²) in [4.78, 5) is 17.3. The number of aromatic nitrogens is 3. The number of carbonyl (C=O) groups is 1. The fraction of sp³-hybridized carbons (Fsp3) is 0.429. The molecule has 6 nitrogen and oxygen atoms in total. The SMILES string of the molecule is Cc1nc(C(=O)Nc2sc3c(c2C#N)CCCCC3)n[nH]1. The Kier molecular flexibility index (Phi) is 3.71. The van der Waals surface area contributed by atoms with Crippen molar-refractivity contribution in [3.63, 3.8) is 0 Å². The van der Waals surface area contributed by atoms with Crippen molar-refractivity contribution in [3.05, 3.63) is 27.7 Å². The average molecular weight is 301 g/mol. The lowest BCUT2D eigenvalue weighted by Crippen LogP contribution is -2.13. The Morgan fingerprint density at radius 2 is 2.19 bits per heavy atom.